The minimum Gasteiger partial charge on any atom is -0.280 e. The van der Waals surface area contributed by atoms with Crippen molar-refractivity contribution >= 4 is 23.4 Å². The Bertz CT molecular complexity index is 1020. The topological polar surface area (TPSA) is 6.48 Å². The molecule has 1 heterocycles. The molecule has 5 heteroatoms. The van der Waals surface area contributed by atoms with Crippen molar-refractivity contribution in [1.29, 1.82) is 0 Å². The summed E-state index contributed by atoms with van der Waals surface area (Å²) in [4.78, 5) is 6.28. The van der Waals surface area contributed by atoms with Crippen LogP contribution in [0.3, 0.4) is 0 Å². The van der Waals surface area contributed by atoms with Gasteiger partial charge in [0.05, 0.1) is 6.17 Å². The van der Waals surface area contributed by atoms with Crippen molar-refractivity contribution in [2.45, 2.75) is 37.5 Å². The normalized spacial score (nSPS) is 17.7. The van der Waals surface area contributed by atoms with Crippen LogP contribution in [0.25, 0.3) is 0 Å². The minimum absolute atomic E-state index is 0.144. The predicted octanol–water partition coefficient (Wildman–Crippen LogP) is 6.92. The summed E-state index contributed by atoms with van der Waals surface area (Å²) in [5.41, 5.74) is 4.92. The lowest BCUT2D eigenvalue weighted by Crippen LogP contribution is -2.47. The van der Waals surface area contributed by atoms with Crippen LogP contribution in [-0.2, 0) is 13.1 Å². The maximum absolute atomic E-state index is 13.6. The molecule has 162 valence electrons. The molecular weight excluding hydrogens is 427 g/mol. The highest BCUT2D eigenvalue weighted by atomic mass is 35.5. The van der Waals surface area contributed by atoms with Crippen LogP contribution in [0.4, 0.5) is 4.39 Å². The van der Waals surface area contributed by atoms with Gasteiger partial charge in [-0.25, -0.2) is 4.39 Å². The van der Waals surface area contributed by atoms with Gasteiger partial charge in [-0.05, 0) is 66.1 Å². The van der Waals surface area contributed by atoms with Crippen LogP contribution < -0.4 is 0 Å². The molecule has 1 unspecified atom stereocenters. The number of nitrogens with zero attached hydrogens (tertiary/aromatic N) is 2. The summed E-state index contributed by atoms with van der Waals surface area (Å²) in [7, 11) is 0. The molecule has 0 saturated carbocycles. The number of hydrogen-bond acceptors (Lipinski definition) is 3. The predicted molar refractivity (Wildman–Crippen MR) is 129 cm³/mol. The van der Waals surface area contributed by atoms with Crippen LogP contribution in [0.5, 0.6) is 0 Å². The van der Waals surface area contributed by atoms with Gasteiger partial charge in [0.2, 0.25) is 0 Å². The van der Waals surface area contributed by atoms with Crippen molar-refractivity contribution in [1.82, 2.24) is 9.80 Å². The van der Waals surface area contributed by atoms with E-state index in [-0.39, 0.29) is 12.0 Å². The van der Waals surface area contributed by atoms with Crippen LogP contribution in [-0.4, -0.2) is 29.1 Å². The Morgan fingerprint density at radius 3 is 2.26 bits per heavy atom. The zero-order valence-corrected chi connectivity index (χ0v) is 19.6. The maximum Gasteiger partial charge on any atom is 0.124 e. The van der Waals surface area contributed by atoms with Crippen LogP contribution in [0.1, 0.15) is 34.8 Å². The second-order valence-corrected chi connectivity index (χ2v) is 9.39. The van der Waals surface area contributed by atoms with Gasteiger partial charge in [-0.1, -0.05) is 54.1 Å². The Morgan fingerprint density at radius 1 is 0.935 bits per heavy atom. The number of rotatable bonds is 6. The molecule has 31 heavy (non-hydrogen) atoms. The highest BCUT2D eigenvalue weighted by Gasteiger charge is 2.31. The number of hydrogen-bond donors (Lipinski definition) is 0. The van der Waals surface area contributed by atoms with E-state index in [9.17, 15) is 4.39 Å². The largest absolute Gasteiger partial charge is 0.280 e. The van der Waals surface area contributed by atoms with Gasteiger partial charge in [0, 0.05) is 36.1 Å². The van der Waals surface area contributed by atoms with Crippen LogP contribution in [0.15, 0.2) is 71.6 Å². The lowest BCUT2D eigenvalue weighted by Gasteiger charge is -2.44. The summed E-state index contributed by atoms with van der Waals surface area (Å²) < 4.78 is 13.6. The van der Waals surface area contributed by atoms with Gasteiger partial charge < -0.3 is 0 Å². The van der Waals surface area contributed by atoms with Crippen molar-refractivity contribution in [2.24, 2.45) is 0 Å². The van der Waals surface area contributed by atoms with Crippen LogP contribution in [0, 0.1) is 12.7 Å². The second kappa shape index (κ2) is 10.2. The molecule has 0 spiro atoms. The van der Waals surface area contributed by atoms with Gasteiger partial charge in [-0.3, -0.25) is 9.80 Å². The van der Waals surface area contributed by atoms with E-state index >= 15 is 0 Å². The quantitative estimate of drug-likeness (QED) is 0.373. The average Bonchev–Trinajstić information content (AvgIpc) is 2.78. The van der Waals surface area contributed by atoms with E-state index < -0.39 is 0 Å². The SMILES string of the molecule is CSc1ccc(C2N(Cc3ccccc3C)CCCN2Cc2ccc(F)cc2Cl)cc1. The molecule has 3 aromatic carbocycles. The molecule has 3 aromatic rings. The second-order valence-electron chi connectivity index (χ2n) is 8.10. The van der Waals surface area contributed by atoms with E-state index in [4.69, 9.17) is 11.6 Å². The van der Waals surface area contributed by atoms with Crippen molar-refractivity contribution in [3.05, 3.63) is 99.8 Å². The molecule has 4 rings (SSSR count). The lowest BCUT2D eigenvalue weighted by molar-refractivity contribution is -0.00920. The summed E-state index contributed by atoms with van der Waals surface area (Å²) in [5.74, 6) is -0.294. The summed E-state index contributed by atoms with van der Waals surface area (Å²) in [5, 5.41) is 0.493. The molecule has 0 aromatic heterocycles. The first kappa shape index (κ1) is 22.3. The number of aryl methyl sites for hydroxylation is 1. The van der Waals surface area contributed by atoms with Gasteiger partial charge in [-0.2, -0.15) is 0 Å². The van der Waals surface area contributed by atoms with Gasteiger partial charge in [-0.15, -0.1) is 11.8 Å². The third-order valence-electron chi connectivity index (χ3n) is 6.02. The van der Waals surface area contributed by atoms with Gasteiger partial charge in [0.15, 0.2) is 0 Å². The highest BCUT2D eigenvalue weighted by Crippen LogP contribution is 2.34. The van der Waals surface area contributed by atoms with E-state index in [1.165, 1.54) is 33.7 Å². The lowest BCUT2D eigenvalue weighted by atomic mass is 10.0. The summed E-state index contributed by atoms with van der Waals surface area (Å²) in [6.07, 6.45) is 3.33. The Balaban J connectivity index is 1.67. The molecule has 1 aliphatic heterocycles. The minimum atomic E-state index is -0.294. The Kier molecular flexibility index (Phi) is 7.34. The summed E-state index contributed by atoms with van der Waals surface area (Å²) in [6.45, 7) is 5.79. The molecule has 1 saturated heterocycles. The maximum atomic E-state index is 13.6. The summed E-state index contributed by atoms with van der Waals surface area (Å²) >= 11 is 8.14. The molecule has 0 amide bonds. The molecule has 1 atom stereocenters. The first-order chi connectivity index (χ1) is 15.0. The van der Waals surface area contributed by atoms with Crippen molar-refractivity contribution < 1.29 is 4.39 Å². The fourth-order valence-electron chi connectivity index (χ4n) is 4.36. The molecule has 2 nitrogen and oxygen atoms in total. The first-order valence-corrected chi connectivity index (χ1v) is 12.3. The monoisotopic (exact) mass is 454 g/mol. The fraction of sp³-hybridized carbons (Fsp3) is 0.308. The Labute approximate surface area is 194 Å². The van der Waals surface area contributed by atoms with E-state index in [2.05, 4.69) is 71.5 Å². The van der Waals surface area contributed by atoms with E-state index in [0.717, 1.165) is 31.6 Å². The zero-order chi connectivity index (χ0) is 21.8. The zero-order valence-electron chi connectivity index (χ0n) is 18.0. The molecule has 1 aliphatic rings. The van der Waals surface area contributed by atoms with Crippen molar-refractivity contribution in [3.8, 4) is 0 Å². The van der Waals surface area contributed by atoms with Crippen LogP contribution >= 0.6 is 23.4 Å². The molecule has 1 fully saturated rings. The van der Waals surface area contributed by atoms with E-state index in [0.29, 0.717) is 11.6 Å². The van der Waals surface area contributed by atoms with E-state index in [1.54, 1.807) is 11.8 Å². The molecule has 0 radical (unpaired) electrons. The van der Waals surface area contributed by atoms with Crippen LogP contribution in [0.2, 0.25) is 5.02 Å². The molecule has 0 N–H and O–H groups in total. The first-order valence-electron chi connectivity index (χ1n) is 10.7. The fourth-order valence-corrected chi connectivity index (χ4v) is 4.99. The van der Waals surface area contributed by atoms with Gasteiger partial charge in [0.25, 0.3) is 0 Å². The smallest absolute Gasteiger partial charge is 0.124 e. The standard InChI is InChI=1S/C26H28ClFN2S/c1-19-6-3-4-7-21(19)17-29-14-5-15-30(18-22-8-11-23(28)16-25(22)27)26(29)20-9-12-24(31-2)13-10-20/h3-4,6-13,16,26H,5,14-15,17-18H2,1-2H3. The Morgan fingerprint density at radius 2 is 1.61 bits per heavy atom. The average molecular weight is 455 g/mol. The Hall–Kier alpha value is -1.85. The third-order valence-corrected chi connectivity index (χ3v) is 7.12. The number of thioether (sulfide) groups is 1. The van der Waals surface area contributed by atoms with Crippen molar-refractivity contribution in [3.63, 3.8) is 0 Å². The molecular formula is C26H28ClFN2S. The third kappa shape index (κ3) is 5.32. The summed E-state index contributed by atoms with van der Waals surface area (Å²) in [6, 6.07) is 22.2. The number of halogens is 2. The van der Waals surface area contributed by atoms with Gasteiger partial charge >= 0.3 is 0 Å². The molecule has 0 aliphatic carbocycles. The van der Waals surface area contributed by atoms with Gasteiger partial charge in [0.1, 0.15) is 5.82 Å². The van der Waals surface area contributed by atoms with E-state index in [1.807, 2.05) is 6.07 Å². The number of benzene rings is 3. The van der Waals surface area contributed by atoms with Crippen molar-refractivity contribution in [2.75, 3.05) is 19.3 Å². The molecule has 0 bridgehead atoms. The highest BCUT2D eigenvalue weighted by molar-refractivity contribution is 7.98.